The van der Waals surface area contributed by atoms with Crippen molar-refractivity contribution in [3.63, 3.8) is 0 Å². The number of nitrogens with two attached hydrogens (primary N) is 1. The Morgan fingerprint density at radius 2 is 2.03 bits per heavy atom. The Bertz CT molecular complexity index is 1120. The zero-order chi connectivity index (χ0) is 23.7. The number of amides is 1. The lowest BCUT2D eigenvalue weighted by atomic mass is 10.0. The van der Waals surface area contributed by atoms with Crippen LogP contribution in [0.2, 0.25) is 0 Å². The summed E-state index contributed by atoms with van der Waals surface area (Å²) in [4.78, 5) is 27.6. The van der Waals surface area contributed by atoms with Crippen LogP contribution >= 0.6 is 0 Å². The fourth-order valence-electron chi connectivity index (χ4n) is 4.01. The fourth-order valence-corrected chi connectivity index (χ4v) is 4.01. The second-order valence-corrected chi connectivity index (χ2v) is 8.33. The van der Waals surface area contributed by atoms with Crippen LogP contribution in [-0.4, -0.2) is 76.0 Å². The van der Waals surface area contributed by atoms with Crippen molar-refractivity contribution < 1.29 is 19.4 Å². The van der Waals surface area contributed by atoms with Gasteiger partial charge in [0, 0.05) is 14.1 Å². The monoisotopic (exact) mass is 455 g/mol. The van der Waals surface area contributed by atoms with Gasteiger partial charge >= 0.3 is 0 Å². The molecule has 5 unspecified atom stereocenters. The molecule has 0 radical (unpaired) electrons. The summed E-state index contributed by atoms with van der Waals surface area (Å²) in [5, 5.41) is 13.9. The lowest BCUT2D eigenvalue weighted by molar-refractivity contribution is -0.123. The van der Waals surface area contributed by atoms with Gasteiger partial charge in [-0.05, 0) is 31.0 Å². The molecule has 1 saturated heterocycles. The number of imidazole rings is 1. The van der Waals surface area contributed by atoms with E-state index in [9.17, 15) is 9.90 Å². The number of carbonyl (C=O) groups is 1. The van der Waals surface area contributed by atoms with Gasteiger partial charge in [0.2, 0.25) is 5.91 Å². The molecule has 3 aromatic rings. The Labute approximate surface area is 191 Å². The number of aromatic nitrogens is 4. The molecule has 2 aromatic heterocycles. The molecular formula is C22H29N7O4. The van der Waals surface area contributed by atoms with Gasteiger partial charge in [0.15, 0.2) is 23.2 Å². The number of aliphatic hydroxyl groups excluding tert-OH is 1. The minimum atomic E-state index is -1.02. The second-order valence-electron chi connectivity index (χ2n) is 8.33. The first kappa shape index (κ1) is 22.9. The third kappa shape index (κ3) is 4.47. The number of ether oxygens (including phenoxy) is 2. The highest BCUT2D eigenvalue weighted by Gasteiger charge is 2.44. The zero-order valence-corrected chi connectivity index (χ0v) is 19.0. The first-order chi connectivity index (χ1) is 15.8. The van der Waals surface area contributed by atoms with E-state index in [-0.39, 0.29) is 5.91 Å². The van der Waals surface area contributed by atoms with Gasteiger partial charge in [0.25, 0.3) is 0 Å². The molecule has 0 saturated carbocycles. The van der Waals surface area contributed by atoms with Gasteiger partial charge in [-0.2, -0.15) is 0 Å². The Morgan fingerprint density at radius 1 is 1.30 bits per heavy atom. The van der Waals surface area contributed by atoms with Crippen LogP contribution in [0.4, 0.5) is 5.82 Å². The van der Waals surface area contributed by atoms with E-state index in [2.05, 4.69) is 20.3 Å². The van der Waals surface area contributed by atoms with Crippen molar-refractivity contribution in [3.05, 3.63) is 42.5 Å². The van der Waals surface area contributed by atoms with Crippen LogP contribution in [0.15, 0.2) is 36.9 Å². The third-order valence-electron chi connectivity index (χ3n) is 5.82. The lowest BCUT2D eigenvalue weighted by Crippen LogP contribution is -2.52. The highest BCUT2D eigenvalue weighted by Crippen LogP contribution is 2.32. The molecule has 0 bridgehead atoms. The summed E-state index contributed by atoms with van der Waals surface area (Å²) < 4.78 is 12.8. The quantitative estimate of drug-likeness (QED) is 0.457. The van der Waals surface area contributed by atoms with Crippen molar-refractivity contribution in [2.45, 2.75) is 43.9 Å². The summed E-state index contributed by atoms with van der Waals surface area (Å²) in [7, 11) is 5.33. The fraction of sp³-hybridized carbons (Fsp3) is 0.455. The summed E-state index contributed by atoms with van der Waals surface area (Å²) >= 11 is 0. The van der Waals surface area contributed by atoms with E-state index in [4.69, 9.17) is 15.2 Å². The lowest BCUT2D eigenvalue weighted by Gasteiger charge is -2.22. The molecule has 1 aliphatic rings. The summed E-state index contributed by atoms with van der Waals surface area (Å²) in [6.07, 6.45) is 1.12. The van der Waals surface area contributed by atoms with Gasteiger partial charge in [0.05, 0.1) is 31.6 Å². The zero-order valence-electron chi connectivity index (χ0n) is 19.0. The number of rotatable bonds is 7. The van der Waals surface area contributed by atoms with Gasteiger partial charge < -0.3 is 30.5 Å². The molecule has 11 nitrogen and oxygen atoms in total. The average Bonchev–Trinajstić information content (AvgIpc) is 3.35. The van der Waals surface area contributed by atoms with Crippen LogP contribution in [0, 0.1) is 0 Å². The highest BCUT2D eigenvalue weighted by atomic mass is 16.5. The van der Waals surface area contributed by atoms with E-state index in [1.54, 1.807) is 24.9 Å². The minimum absolute atomic E-state index is 0.355. The summed E-state index contributed by atoms with van der Waals surface area (Å²) in [6, 6.07) is 5.96. The van der Waals surface area contributed by atoms with Crippen molar-refractivity contribution in [1.29, 1.82) is 0 Å². The first-order valence-corrected chi connectivity index (χ1v) is 10.7. The summed E-state index contributed by atoms with van der Waals surface area (Å²) in [5.41, 5.74) is 8.18. The average molecular weight is 456 g/mol. The van der Waals surface area contributed by atoms with Crippen molar-refractivity contribution in [3.8, 4) is 5.75 Å². The predicted molar refractivity (Wildman–Crippen MR) is 122 cm³/mol. The third-order valence-corrected chi connectivity index (χ3v) is 5.82. The number of nitrogens with zero attached hydrogens (tertiary/aromatic N) is 5. The van der Waals surface area contributed by atoms with Crippen molar-refractivity contribution in [2.24, 2.45) is 5.73 Å². The van der Waals surface area contributed by atoms with E-state index < -0.39 is 30.5 Å². The standard InChI is InChI=1S/C22H29N7O4/c1-12-16(27-21(31)15(23)9-13-5-7-14(32-4)8-6-13)18(30)22(33-12)29-11-26-17-19(28(2)3)24-10-25-20(17)29/h5-8,10-12,15-16,18,22,30H,9,23H2,1-4H3,(H,27,31). The Morgan fingerprint density at radius 3 is 2.70 bits per heavy atom. The van der Waals surface area contributed by atoms with Gasteiger partial charge in [-0.15, -0.1) is 0 Å². The Kier molecular flexibility index (Phi) is 6.45. The molecule has 33 heavy (non-hydrogen) atoms. The molecule has 0 spiro atoms. The van der Waals surface area contributed by atoms with E-state index in [1.807, 2.05) is 43.3 Å². The van der Waals surface area contributed by atoms with E-state index in [1.165, 1.54) is 6.33 Å². The van der Waals surface area contributed by atoms with Gasteiger partial charge in [0.1, 0.15) is 18.2 Å². The van der Waals surface area contributed by atoms with Gasteiger partial charge in [-0.3, -0.25) is 9.36 Å². The molecule has 0 aliphatic carbocycles. The van der Waals surface area contributed by atoms with Crippen LogP contribution in [0.1, 0.15) is 18.7 Å². The van der Waals surface area contributed by atoms with Crippen molar-refractivity contribution in [1.82, 2.24) is 24.8 Å². The molecule has 4 rings (SSSR count). The topological polar surface area (TPSA) is 141 Å². The molecule has 1 fully saturated rings. The summed E-state index contributed by atoms with van der Waals surface area (Å²) in [6.45, 7) is 1.79. The number of hydrogen-bond acceptors (Lipinski definition) is 9. The van der Waals surface area contributed by atoms with Crippen molar-refractivity contribution >= 4 is 22.9 Å². The highest BCUT2D eigenvalue weighted by molar-refractivity contribution is 5.83. The van der Waals surface area contributed by atoms with Gasteiger partial charge in [-0.25, -0.2) is 15.0 Å². The molecule has 11 heteroatoms. The maximum atomic E-state index is 12.8. The molecule has 1 amide bonds. The molecule has 1 aromatic carbocycles. The van der Waals surface area contributed by atoms with Crippen LogP contribution in [0.25, 0.3) is 11.2 Å². The molecular weight excluding hydrogens is 426 g/mol. The molecule has 4 N–H and O–H groups in total. The second kappa shape index (κ2) is 9.30. The van der Waals surface area contributed by atoms with Crippen LogP contribution < -0.4 is 20.7 Å². The Balaban J connectivity index is 1.46. The van der Waals surface area contributed by atoms with E-state index >= 15 is 0 Å². The van der Waals surface area contributed by atoms with Crippen LogP contribution in [-0.2, 0) is 16.0 Å². The smallest absolute Gasteiger partial charge is 0.237 e. The first-order valence-electron chi connectivity index (χ1n) is 10.7. The molecule has 176 valence electrons. The van der Waals surface area contributed by atoms with E-state index in [0.717, 1.165) is 11.3 Å². The summed E-state index contributed by atoms with van der Waals surface area (Å²) in [5.74, 6) is 1.03. The number of carbonyl (C=O) groups excluding carboxylic acids is 1. The minimum Gasteiger partial charge on any atom is -0.497 e. The molecule has 3 heterocycles. The van der Waals surface area contributed by atoms with E-state index in [0.29, 0.717) is 23.4 Å². The maximum absolute atomic E-state index is 12.8. The number of fused-ring (bicyclic) bond motifs is 1. The number of nitrogens with one attached hydrogen (secondary N) is 1. The normalized spacial score (nSPS) is 23.5. The number of benzene rings is 1. The SMILES string of the molecule is COc1ccc(CC(N)C(=O)NC2C(C)OC(n3cnc4c(N(C)C)ncnc43)C2O)cc1. The van der Waals surface area contributed by atoms with Crippen LogP contribution in [0.5, 0.6) is 5.75 Å². The number of hydrogen-bond donors (Lipinski definition) is 3. The van der Waals surface area contributed by atoms with Crippen molar-refractivity contribution in [2.75, 3.05) is 26.1 Å². The Hall–Kier alpha value is -3.28. The largest absolute Gasteiger partial charge is 0.497 e. The predicted octanol–water partition coefficient (Wildman–Crippen LogP) is 0.234. The molecule has 1 aliphatic heterocycles. The molecule has 5 atom stereocenters. The van der Waals surface area contributed by atoms with Crippen LogP contribution in [0.3, 0.4) is 0 Å². The van der Waals surface area contributed by atoms with Gasteiger partial charge in [-0.1, -0.05) is 12.1 Å². The number of methoxy groups -OCH3 is 1. The maximum Gasteiger partial charge on any atom is 0.237 e. The number of aliphatic hydroxyl groups is 1. The number of anilines is 1.